The van der Waals surface area contributed by atoms with E-state index in [-0.39, 0.29) is 24.8 Å². The number of hydrogen-bond acceptors (Lipinski definition) is 1. The van der Waals surface area contributed by atoms with E-state index < -0.39 is 0 Å². The second-order valence-corrected chi connectivity index (χ2v) is 3.16. The van der Waals surface area contributed by atoms with Crippen molar-refractivity contribution >= 4 is 36.2 Å². The van der Waals surface area contributed by atoms with Gasteiger partial charge in [-0.2, -0.15) is 11.3 Å². The van der Waals surface area contributed by atoms with Gasteiger partial charge in [0.1, 0.15) is 0 Å². The van der Waals surface area contributed by atoms with Crippen LogP contribution in [0.15, 0.2) is 47.2 Å². The summed E-state index contributed by atoms with van der Waals surface area (Å²) in [6, 6.07) is 12.6. The Morgan fingerprint density at radius 2 is 1.46 bits per heavy atom. The van der Waals surface area contributed by atoms with Crippen LogP contribution in [0.25, 0.3) is 11.1 Å². The minimum Gasteiger partial charge on any atom is -0.152 e. The Morgan fingerprint density at radius 1 is 0.769 bits per heavy atom. The maximum absolute atomic E-state index is 2.16. The molecule has 70 valence electrons. The van der Waals surface area contributed by atoms with Crippen LogP contribution in [0.2, 0.25) is 0 Å². The average Bonchev–Trinajstić information content (AvgIpc) is 2.58. The van der Waals surface area contributed by atoms with Gasteiger partial charge in [0.05, 0.1) is 0 Å². The minimum absolute atomic E-state index is 0. The molecule has 2 aromatic rings. The van der Waals surface area contributed by atoms with Gasteiger partial charge in [-0.25, -0.2) is 0 Å². The van der Waals surface area contributed by atoms with Gasteiger partial charge in [0.2, 0.25) is 0 Å². The van der Waals surface area contributed by atoms with Crippen molar-refractivity contribution in [3.05, 3.63) is 47.2 Å². The fourth-order valence-electron chi connectivity index (χ4n) is 1.06. The highest BCUT2D eigenvalue weighted by molar-refractivity contribution is 7.08. The van der Waals surface area contributed by atoms with Gasteiger partial charge in [0, 0.05) is 0 Å². The molecule has 0 spiro atoms. The maximum Gasteiger partial charge on any atom is -0.00147 e. The van der Waals surface area contributed by atoms with Gasteiger partial charge in [0.25, 0.3) is 0 Å². The first-order valence-corrected chi connectivity index (χ1v) is 4.49. The summed E-state index contributed by atoms with van der Waals surface area (Å²) in [5.74, 6) is 0. The first-order chi connectivity index (χ1) is 5.47. The van der Waals surface area contributed by atoms with Gasteiger partial charge in [-0.15, -0.1) is 24.8 Å². The van der Waals surface area contributed by atoms with E-state index in [1.54, 1.807) is 11.3 Å². The standard InChI is InChI=1S/C10H8S.2ClH/c1-2-4-9(5-3-1)10-6-7-11-8-10;;/h1-8H;2*1H. The van der Waals surface area contributed by atoms with Gasteiger partial charge in [-0.05, 0) is 28.0 Å². The molecule has 0 unspecified atom stereocenters. The molecule has 0 bridgehead atoms. The van der Waals surface area contributed by atoms with Crippen molar-refractivity contribution in [2.75, 3.05) is 0 Å². The summed E-state index contributed by atoms with van der Waals surface area (Å²) in [6.45, 7) is 0. The lowest BCUT2D eigenvalue weighted by atomic mass is 10.1. The van der Waals surface area contributed by atoms with Crippen LogP contribution in [-0.4, -0.2) is 0 Å². The van der Waals surface area contributed by atoms with E-state index in [2.05, 4.69) is 41.1 Å². The second-order valence-electron chi connectivity index (χ2n) is 2.38. The number of rotatable bonds is 1. The maximum atomic E-state index is 2.16. The molecular weight excluding hydrogens is 223 g/mol. The molecule has 0 nitrogen and oxygen atoms in total. The number of halogens is 2. The molecule has 0 aliphatic rings. The van der Waals surface area contributed by atoms with Crippen molar-refractivity contribution < 1.29 is 0 Å². The van der Waals surface area contributed by atoms with E-state index in [1.807, 2.05) is 6.07 Å². The van der Waals surface area contributed by atoms with Crippen molar-refractivity contribution in [2.45, 2.75) is 0 Å². The zero-order valence-electron chi connectivity index (χ0n) is 6.84. The quantitative estimate of drug-likeness (QED) is 0.690. The Bertz CT molecular complexity index is 316. The van der Waals surface area contributed by atoms with Crippen LogP contribution in [0.1, 0.15) is 0 Å². The fourth-order valence-corrected chi connectivity index (χ4v) is 1.72. The monoisotopic (exact) mass is 232 g/mol. The normalized spacial score (nSPS) is 8.31. The third kappa shape index (κ3) is 3.03. The Labute approximate surface area is 94.4 Å². The average molecular weight is 233 g/mol. The summed E-state index contributed by atoms with van der Waals surface area (Å²) < 4.78 is 0. The van der Waals surface area contributed by atoms with Gasteiger partial charge in [-0.1, -0.05) is 30.3 Å². The largest absolute Gasteiger partial charge is 0.152 e. The highest BCUT2D eigenvalue weighted by Gasteiger charge is 1.93. The molecule has 0 saturated carbocycles. The Balaban J connectivity index is 0.000000720. The van der Waals surface area contributed by atoms with Gasteiger partial charge < -0.3 is 0 Å². The van der Waals surface area contributed by atoms with Crippen LogP contribution >= 0.6 is 36.2 Å². The van der Waals surface area contributed by atoms with Crippen LogP contribution < -0.4 is 0 Å². The Hall–Kier alpha value is -0.500. The lowest BCUT2D eigenvalue weighted by Gasteiger charge is -1.93. The molecule has 0 atom stereocenters. The molecule has 0 amide bonds. The zero-order chi connectivity index (χ0) is 7.52. The summed E-state index contributed by atoms with van der Waals surface area (Å²) in [6.07, 6.45) is 0. The summed E-state index contributed by atoms with van der Waals surface area (Å²) in [4.78, 5) is 0. The van der Waals surface area contributed by atoms with Crippen molar-refractivity contribution in [3.8, 4) is 11.1 Å². The molecule has 0 fully saturated rings. The van der Waals surface area contributed by atoms with E-state index in [0.29, 0.717) is 0 Å². The van der Waals surface area contributed by atoms with E-state index in [1.165, 1.54) is 11.1 Å². The van der Waals surface area contributed by atoms with E-state index in [4.69, 9.17) is 0 Å². The highest BCUT2D eigenvalue weighted by atomic mass is 35.5. The lowest BCUT2D eigenvalue weighted by molar-refractivity contribution is 1.68. The number of benzene rings is 1. The van der Waals surface area contributed by atoms with Gasteiger partial charge >= 0.3 is 0 Å². The molecule has 3 heteroatoms. The molecule has 1 aromatic heterocycles. The Kier molecular flexibility index (Phi) is 5.80. The lowest BCUT2D eigenvalue weighted by Crippen LogP contribution is -1.68. The summed E-state index contributed by atoms with van der Waals surface area (Å²) >= 11 is 1.73. The SMILES string of the molecule is Cl.Cl.c1ccc(-c2ccsc2)cc1. The fraction of sp³-hybridized carbons (Fsp3) is 0. The third-order valence-corrected chi connectivity index (χ3v) is 2.31. The van der Waals surface area contributed by atoms with Crippen LogP contribution in [0.5, 0.6) is 0 Å². The molecule has 0 radical (unpaired) electrons. The van der Waals surface area contributed by atoms with Crippen molar-refractivity contribution in [3.63, 3.8) is 0 Å². The van der Waals surface area contributed by atoms with Crippen molar-refractivity contribution in [2.24, 2.45) is 0 Å². The summed E-state index contributed by atoms with van der Waals surface area (Å²) in [7, 11) is 0. The molecule has 13 heavy (non-hydrogen) atoms. The molecule has 0 saturated heterocycles. The van der Waals surface area contributed by atoms with E-state index in [0.717, 1.165) is 0 Å². The molecule has 1 heterocycles. The second kappa shape index (κ2) is 6.03. The number of hydrogen-bond donors (Lipinski definition) is 0. The molecule has 0 aliphatic heterocycles. The summed E-state index contributed by atoms with van der Waals surface area (Å²) in [5.41, 5.74) is 2.62. The topological polar surface area (TPSA) is 0 Å². The van der Waals surface area contributed by atoms with E-state index >= 15 is 0 Å². The van der Waals surface area contributed by atoms with Crippen LogP contribution in [0.4, 0.5) is 0 Å². The van der Waals surface area contributed by atoms with Crippen molar-refractivity contribution in [1.82, 2.24) is 0 Å². The predicted molar refractivity (Wildman–Crippen MR) is 64.3 cm³/mol. The molecular formula is C10H10Cl2S. The third-order valence-electron chi connectivity index (χ3n) is 1.63. The Morgan fingerprint density at radius 3 is 2.00 bits per heavy atom. The molecule has 2 rings (SSSR count). The summed E-state index contributed by atoms with van der Waals surface area (Å²) in [5, 5.41) is 4.26. The highest BCUT2D eigenvalue weighted by Crippen LogP contribution is 2.20. The molecule has 1 aromatic carbocycles. The molecule has 0 aliphatic carbocycles. The first-order valence-electron chi connectivity index (χ1n) is 3.54. The van der Waals surface area contributed by atoms with Gasteiger partial charge in [-0.3, -0.25) is 0 Å². The predicted octanol–water partition coefficient (Wildman–Crippen LogP) is 4.26. The first kappa shape index (κ1) is 12.5. The van der Waals surface area contributed by atoms with Crippen LogP contribution in [0, 0.1) is 0 Å². The van der Waals surface area contributed by atoms with Crippen LogP contribution in [-0.2, 0) is 0 Å². The number of thiophene rings is 1. The minimum atomic E-state index is 0. The smallest absolute Gasteiger partial charge is 0.00147 e. The molecule has 0 N–H and O–H groups in total. The van der Waals surface area contributed by atoms with Crippen molar-refractivity contribution in [1.29, 1.82) is 0 Å². The zero-order valence-corrected chi connectivity index (χ0v) is 9.29. The van der Waals surface area contributed by atoms with E-state index in [9.17, 15) is 0 Å². The van der Waals surface area contributed by atoms with Gasteiger partial charge in [0.15, 0.2) is 0 Å². The van der Waals surface area contributed by atoms with Crippen LogP contribution in [0.3, 0.4) is 0 Å².